The van der Waals surface area contributed by atoms with Gasteiger partial charge in [0.25, 0.3) is 0 Å². The van der Waals surface area contributed by atoms with Crippen molar-refractivity contribution in [1.29, 1.82) is 0 Å². The van der Waals surface area contributed by atoms with E-state index in [0.29, 0.717) is 10.5 Å². The van der Waals surface area contributed by atoms with Gasteiger partial charge in [0, 0.05) is 6.04 Å². The van der Waals surface area contributed by atoms with E-state index < -0.39 is 0 Å². The normalized spacial score (nSPS) is 12.8. The molecule has 0 radical (unpaired) electrons. The van der Waals surface area contributed by atoms with Gasteiger partial charge in [-0.15, -0.1) is 0 Å². The van der Waals surface area contributed by atoms with Crippen LogP contribution in [0.1, 0.15) is 44.7 Å². The van der Waals surface area contributed by atoms with Gasteiger partial charge >= 0.3 is 0 Å². The third-order valence-electron chi connectivity index (χ3n) is 2.64. The topological polar surface area (TPSA) is 12.0 Å². The van der Waals surface area contributed by atoms with Crippen molar-refractivity contribution < 1.29 is 4.39 Å². The Morgan fingerprint density at radius 1 is 1.38 bits per heavy atom. The lowest BCUT2D eigenvalue weighted by atomic mass is 10.0. The van der Waals surface area contributed by atoms with E-state index in [1.54, 1.807) is 0 Å². The van der Waals surface area contributed by atoms with Crippen LogP contribution in [0.5, 0.6) is 0 Å². The molecule has 0 spiro atoms. The van der Waals surface area contributed by atoms with Gasteiger partial charge in [-0.1, -0.05) is 32.8 Å². The van der Waals surface area contributed by atoms with Gasteiger partial charge in [0.2, 0.25) is 0 Å². The lowest BCUT2D eigenvalue weighted by Crippen LogP contribution is -2.20. The van der Waals surface area contributed by atoms with Crippen molar-refractivity contribution in [2.75, 3.05) is 6.54 Å². The number of hydrogen-bond acceptors (Lipinski definition) is 1. The van der Waals surface area contributed by atoms with Crippen molar-refractivity contribution in [1.82, 2.24) is 5.32 Å². The van der Waals surface area contributed by atoms with Crippen LogP contribution in [0.25, 0.3) is 0 Å². The van der Waals surface area contributed by atoms with E-state index in [9.17, 15) is 4.39 Å². The van der Waals surface area contributed by atoms with Crippen LogP contribution in [0, 0.1) is 5.82 Å². The number of halogens is 2. The molecule has 90 valence electrons. The summed E-state index contributed by atoms with van der Waals surface area (Å²) in [6, 6.07) is 5.60. The predicted molar refractivity (Wildman–Crippen MR) is 70.0 cm³/mol. The highest BCUT2D eigenvalue weighted by molar-refractivity contribution is 9.10. The van der Waals surface area contributed by atoms with Gasteiger partial charge in [0.15, 0.2) is 0 Å². The van der Waals surface area contributed by atoms with Gasteiger partial charge in [0.1, 0.15) is 5.82 Å². The fourth-order valence-corrected chi connectivity index (χ4v) is 2.17. The molecule has 0 aliphatic rings. The summed E-state index contributed by atoms with van der Waals surface area (Å²) >= 11 is 3.23. The average molecular weight is 288 g/mol. The highest BCUT2D eigenvalue weighted by Gasteiger charge is 2.11. The first-order valence-electron chi connectivity index (χ1n) is 5.87. The summed E-state index contributed by atoms with van der Waals surface area (Å²) in [6.07, 6.45) is 3.47. The highest BCUT2D eigenvalue weighted by Crippen LogP contribution is 2.24. The summed E-state index contributed by atoms with van der Waals surface area (Å²) in [5.74, 6) is -0.200. The molecule has 0 aliphatic carbocycles. The molecule has 0 saturated carbocycles. The molecule has 1 N–H and O–H groups in total. The lowest BCUT2D eigenvalue weighted by Gasteiger charge is -2.18. The first-order valence-corrected chi connectivity index (χ1v) is 6.66. The van der Waals surface area contributed by atoms with Gasteiger partial charge in [0.05, 0.1) is 4.47 Å². The summed E-state index contributed by atoms with van der Waals surface area (Å²) in [6.45, 7) is 5.21. The Labute approximate surface area is 106 Å². The van der Waals surface area contributed by atoms with E-state index in [1.807, 2.05) is 12.1 Å². The Kier molecular flexibility index (Phi) is 5.99. The highest BCUT2D eigenvalue weighted by atomic mass is 79.9. The van der Waals surface area contributed by atoms with E-state index in [0.717, 1.165) is 18.5 Å². The largest absolute Gasteiger partial charge is 0.310 e. The smallest absolute Gasteiger partial charge is 0.137 e. The van der Waals surface area contributed by atoms with Gasteiger partial charge < -0.3 is 5.32 Å². The first kappa shape index (κ1) is 13.7. The Balaban J connectivity index is 2.78. The summed E-state index contributed by atoms with van der Waals surface area (Å²) in [5, 5.41) is 3.44. The van der Waals surface area contributed by atoms with E-state index in [1.165, 1.54) is 18.9 Å². The maximum Gasteiger partial charge on any atom is 0.137 e. The molecule has 0 aromatic heterocycles. The predicted octanol–water partition coefficient (Wildman–Crippen LogP) is 4.43. The van der Waals surface area contributed by atoms with E-state index in [2.05, 4.69) is 35.1 Å². The SMILES string of the molecule is CCCCC(NCC)c1ccc(F)c(Br)c1. The fourth-order valence-electron chi connectivity index (χ4n) is 1.77. The van der Waals surface area contributed by atoms with Crippen LogP contribution in [0.15, 0.2) is 22.7 Å². The minimum absolute atomic E-state index is 0.200. The molecule has 0 aliphatic heterocycles. The lowest BCUT2D eigenvalue weighted by molar-refractivity contribution is 0.493. The molecule has 16 heavy (non-hydrogen) atoms. The van der Waals surface area contributed by atoms with Crippen LogP contribution < -0.4 is 5.32 Å². The monoisotopic (exact) mass is 287 g/mol. The Morgan fingerprint density at radius 2 is 2.12 bits per heavy atom. The maximum absolute atomic E-state index is 13.1. The Morgan fingerprint density at radius 3 is 2.69 bits per heavy atom. The van der Waals surface area contributed by atoms with Crippen LogP contribution in [0.4, 0.5) is 4.39 Å². The van der Waals surface area contributed by atoms with E-state index in [4.69, 9.17) is 0 Å². The molecule has 0 saturated heterocycles. The van der Waals surface area contributed by atoms with Crippen molar-refractivity contribution in [2.45, 2.75) is 39.2 Å². The van der Waals surface area contributed by atoms with E-state index in [-0.39, 0.29) is 5.82 Å². The zero-order valence-corrected chi connectivity index (χ0v) is 11.5. The third-order valence-corrected chi connectivity index (χ3v) is 3.25. The second-order valence-corrected chi connectivity index (χ2v) is 4.78. The zero-order valence-electron chi connectivity index (χ0n) is 9.89. The van der Waals surface area contributed by atoms with Crippen LogP contribution in [0.2, 0.25) is 0 Å². The van der Waals surface area contributed by atoms with Crippen LogP contribution in [-0.2, 0) is 0 Å². The Hall–Kier alpha value is -0.410. The molecular weight excluding hydrogens is 269 g/mol. The zero-order chi connectivity index (χ0) is 12.0. The minimum Gasteiger partial charge on any atom is -0.310 e. The Bertz CT molecular complexity index is 328. The summed E-state index contributed by atoms with van der Waals surface area (Å²) in [4.78, 5) is 0. The van der Waals surface area contributed by atoms with Crippen molar-refractivity contribution in [3.8, 4) is 0 Å². The first-order chi connectivity index (χ1) is 7.69. The van der Waals surface area contributed by atoms with Crippen molar-refractivity contribution >= 4 is 15.9 Å². The fraction of sp³-hybridized carbons (Fsp3) is 0.538. The number of hydrogen-bond donors (Lipinski definition) is 1. The third kappa shape index (κ3) is 3.87. The molecule has 1 unspecified atom stereocenters. The molecular formula is C13H19BrFN. The molecule has 0 fully saturated rings. The standard InChI is InChI=1S/C13H19BrFN/c1-3-5-6-13(16-4-2)10-7-8-12(15)11(14)9-10/h7-9,13,16H,3-6H2,1-2H3. The average Bonchev–Trinajstić information content (AvgIpc) is 2.28. The molecule has 1 rings (SSSR count). The number of benzene rings is 1. The van der Waals surface area contributed by atoms with Crippen molar-refractivity contribution in [3.05, 3.63) is 34.1 Å². The quantitative estimate of drug-likeness (QED) is 0.816. The van der Waals surface area contributed by atoms with Gasteiger partial charge in [-0.25, -0.2) is 4.39 Å². The molecule has 1 atom stereocenters. The maximum atomic E-state index is 13.1. The van der Waals surface area contributed by atoms with Crippen LogP contribution in [0.3, 0.4) is 0 Å². The van der Waals surface area contributed by atoms with Gasteiger partial charge in [-0.05, 0) is 46.6 Å². The van der Waals surface area contributed by atoms with Crippen LogP contribution in [-0.4, -0.2) is 6.54 Å². The second-order valence-electron chi connectivity index (χ2n) is 3.93. The second kappa shape index (κ2) is 7.02. The molecule has 1 aromatic rings. The molecule has 1 nitrogen and oxygen atoms in total. The summed E-state index contributed by atoms with van der Waals surface area (Å²) in [5.41, 5.74) is 1.16. The summed E-state index contributed by atoms with van der Waals surface area (Å²) in [7, 11) is 0. The van der Waals surface area contributed by atoms with Crippen molar-refractivity contribution in [3.63, 3.8) is 0 Å². The molecule has 3 heteroatoms. The molecule has 0 bridgehead atoms. The molecule has 1 aromatic carbocycles. The van der Waals surface area contributed by atoms with Gasteiger partial charge in [-0.2, -0.15) is 0 Å². The number of nitrogens with one attached hydrogen (secondary N) is 1. The minimum atomic E-state index is -0.200. The van der Waals surface area contributed by atoms with Crippen molar-refractivity contribution in [2.24, 2.45) is 0 Å². The number of unbranched alkanes of at least 4 members (excludes halogenated alkanes) is 1. The molecule has 0 heterocycles. The molecule has 0 amide bonds. The van der Waals surface area contributed by atoms with E-state index >= 15 is 0 Å². The summed E-state index contributed by atoms with van der Waals surface area (Å²) < 4.78 is 13.7. The number of rotatable bonds is 6. The van der Waals surface area contributed by atoms with Crippen LogP contribution >= 0.6 is 15.9 Å². The van der Waals surface area contributed by atoms with Gasteiger partial charge in [-0.3, -0.25) is 0 Å².